The van der Waals surface area contributed by atoms with Crippen molar-refractivity contribution in [3.8, 4) is 0 Å². The number of anilines is 2. The third-order valence-electron chi connectivity index (χ3n) is 6.33. The molecule has 0 saturated heterocycles. The highest BCUT2D eigenvalue weighted by atomic mass is 32.2. The number of amides is 1. The number of carbonyl (C=O) groups excluding carboxylic acids is 1. The quantitative estimate of drug-likeness (QED) is 0.335. The second-order valence-corrected chi connectivity index (χ2v) is 11.2. The van der Waals surface area contributed by atoms with Gasteiger partial charge in [-0.3, -0.25) is 4.79 Å². The molecule has 0 saturated carbocycles. The Morgan fingerprint density at radius 3 is 2.42 bits per heavy atom. The number of nitrogen functional groups attached to an aromatic ring is 1. The lowest BCUT2D eigenvalue weighted by Crippen LogP contribution is -2.35. The normalized spacial score (nSPS) is 11.6. The lowest BCUT2D eigenvalue weighted by molar-refractivity contribution is 0.0946. The van der Waals surface area contributed by atoms with Crippen molar-refractivity contribution in [3.63, 3.8) is 0 Å². The maximum Gasteiger partial charge on any atom is 0.273 e. The number of carbonyl (C=O) groups is 1. The van der Waals surface area contributed by atoms with Crippen molar-refractivity contribution < 1.29 is 13.2 Å². The number of para-hydroxylation sites is 1. The van der Waals surface area contributed by atoms with Gasteiger partial charge in [-0.05, 0) is 37.6 Å². The Kier molecular flexibility index (Phi) is 7.88. The Labute approximate surface area is 222 Å². The maximum atomic E-state index is 13.0. The Bertz CT molecular complexity index is 1570. The van der Waals surface area contributed by atoms with E-state index in [4.69, 9.17) is 10.7 Å². The number of pyridine rings is 1. The van der Waals surface area contributed by atoms with E-state index >= 15 is 0 Å². The number of aromatic nitrogens is 3. The number of fused-ring (bicyclic) bond motifs is 1. The molecule has 4 aromatic rings. The molecule has 0 aliphatic rings. The largest absolute Gasteiger partial charge is 0.382 e. The second-order valence-electron chi connectivity index (χ2n) is 9.15. The van der Waals surface area contributed by atoms with E-state index in [0.717, 1.165) is 27.6 Å². The zero-order chi connectivity index (χ0) is 27.4. The first-order valence-electron chi connectivity index (χ1n) is 12.1. The SMILES string of the molecule is Cc1ccc(S(=O)(=O)N(C)CCN(C)c2nc3c(C)cccc3cc2CNC(=O)c2nccnc2N)cc1. The minimum Gasteiger partial charge on any atom is -0.382 e. The maximum absolute atomic E-state index is 13.0. The summed E-state index contributed by atoms with van der Waals surface area (Å²) >= 11 is 0. The highest BCUT2D eigenvalue weighted by Crippen LogP contribution is 2.25. The van der Waals surface area contributed by atoms with E-state index in [1.807, 2.05) is 50.1 Å². The van der Waals surface area contributed by atoms with E-state index in [2.05, 4.69) is 15.3 Å². The molecule has 11 heteroatoms. The Balaban J connectivity index is 1.57. The first-order valence-corrected chi connectivity index (χ1v) is 13.5. The molecule has 0 radical (unpaired) electrons. The van der Waals surface area contributed by atoms with Crippen molar-refractivity contribution in [1.82, 2.24) is 24.6 Å². The van der Waals surface area contributed by atoms with Crippen molar-refractivity contribution in [2.45, 2.75) is 25.3 Å². The number of nitrogens with zero attached hydrogens (tertiary/aromatic N) is 5. The summed E-state index contributed by atoms with van der Waals surface area (Å²) in [6.45, 7) is 4.68. The van der Waals surface area contributed by atoms with Gasteiger partial charge in [0.15, 0.2) is 11.5 Å². The molecule has 0 unspecified atom stereocenters. The fourth-order valence-electron chi connectivity index (χ4n) is 4.03. The van der Waals surface area contributed by atoms with Crippen LogP contribution in [0.2, 0.25) is 0 Å². The van der Waals surface area contributed by atoms with Crippen LogP contribution >= 0.6 is 0 Å². The average Bonchev–Trinajstić information content (AvgIpc) is 2.90. The molecule has 38 heavy (non-hydrogen) atoms. The summed E-state index contributed by atoms with van der Waals surface area (Å²) in [6, 6.07) is 14.7. The van der Waals surface area contributed by atoms with Crippen molar-refractivity contribution in [2.24, 2.45) is 0 Å². The van der Waals surface area contributed by atoms with E-state index in [9.17, 15) is 13.2 Å². The minimum atomic E-state index is -3.64. The lowest BCUT2D eigenvalue weighted by atomic mass is 10.1. The van der Waals surface area contributed by atoms with Crippen LogP contribution in [0.25, 0.3) is 10.9 Å². The highest BCUT2D eigenvalue weighted by molar-refractivity contribution is 7.89. The molecule has 0 bridgehead atoms. The molecule has 0 aliphatic heterocycles. The average molecular weight is 534 g/mol. The number of aryl methyl sites for hydroxylation is 2. The van der Waals surface area contributed by atoms with E-state index in [1.165, 1.54) is 16.7 Å². The van der Waals surface area contributed by atoms with Crippen LogP contribution in [-0.2, 0) is 16.6 Å². The molecule has 2 aromatic heterocycles. The van der Waals surface area contributed by atoms with Gasteiger partial charge in [-0.25, -0.2) is 23.4 Å². The van der Waals surface area contributed by atoms with Gasteiger partial charge in [0.1, 0.15) is 5.82 Å². The number of nitrogens with two attached hydrogens (primary N) is 1. The van der Waals surface area contributed by atoms with Gasteiger partial charge in [-0.1, -0.05) is 35.9 Å². The second kappa shape index (κ2) is 11.1. The smallest absolute Gasteiger partial charge is 0.273 e. The molecule has 0 aliphatic carbocycles. The van der Waals surface area contributed by atoms with Crippen LogP contribution in [0, 0.1) is 13.8 Å². The van der Waals surface area contributed by atoms with Crippen LogP contribution in [-0.4, -0.2) is 60.8 Å². The van der Waals surface area contributed by atoms with E-state index in [0.29, 0.717) is 12.4 Å². The van der Waals surface area contributed by atoms with E-state index in [-0.39, 0.29) is 29.5 Å². The fraction of sp³-hybridized carbons (Fsp3) is 0.259. The zero-order valence-electron chi connectivity index (χ0n) is 21.8. The molecule has 0 fully saturated rings. The van der Waals surface area contributed by atoms with Crippen LogP contribution in [0.5, 0.6) is 0 Å². The number of hydrogen-bond acceptors (Lipinski definition) is 8. The van der Waals surface area contributed by atoms with Gasteiger partial charge >= 0.3 is 0 Å². The predicted molar refractivity (Wildman–Crippen MR) is 148 cm³/mol. The van der Waals surface area contributed by atoms with Gasteiger partial charge in [-0.15, -0.1) is 0 Å². The monoisotopic (exact) mass is 533 g/mol. The summed E-state index contributed by atoms with van der Waals surface area (Å²) in [6.07, 6.45) is 2.83. The lowest BCUT2D eigenvalue weighted by Gasteiger charge is -2.25. The molecule has 0 spiro atoms. The number of nitrogens with one attached hydrogen (secondary N) is 1. The standard InChI is InChI=1S/C27H31N7O3S/c1-18-8-10-22(11-9-18)38(36,37)34(4)15-14-33(3)26-21(16-20-7-5-6-19(2)23(20)32-26)17-31-27(35)24-25(28)30-13-12-29-24/h5-13,16H,14-15,17H2,1-4H3,(H2,28,30)(H,31,35). The first kappa shape index (κ1) is 27.0. The molecular formula is C27H31N7O3S. The molecular weight excluding hydrogens is 502 g/mol. The van der Waals surface area contributed by atoms with Gasteiger partial charge in [0.05, 0.1) is 10.4 Å². The van der Waals surface area contributed by atoms with Crippen LogP contribution in [0.3, 0.4) is 0 Å². The number of hydrogen-bond donors (Lipinski definition) is 2. The third kappa shape index (κ3) is 5.74. The van der Waals surface area contributed by atoms with Crippen LogP contribution in [0.4, 0.5) is 11.6 Å². The number of likely N-dealkylation sites (N-methyl/N-ethyl adjacent to an activating group) is 2. The molecule has 0 atom stereocenters. The first-order chi connectivity index (χ1) is 18.1. The van der Waals surface area contributed by atoms with Crippen LogP contribution in [0.15, 0.2) is 65.8 Å². The molecule has 1 amide bonds. The van der Waals surface area contributed by atoms with Gasteiger partial charge in [0.2, 0.25) is 10.0 Å². The van der Waals surface area contributed by atoms with Crippen LogP contribution in [0.1, 0.15) is 27.2 Å². The summed E-state index contributed by atoms with van der Waals surface area (Å²) in [4.78, 5) is 27.7. The van der Waals surface area contributed by atoms with Crippen molar-refractivity contribution in [1.29, 1.82) is 0 Å². The topological polar surface area (TPSA) is 134 Å². The van der Waals surface area contributed by atoms with Gasteiger partial charge in [0.25, 0.3) is 5.91 Å². The number of rotatable bonds is 9. The van der Waals surface area contributed by atoms with E-state index in [1.54, 1.807) is 31.3 Å². The molecule has 198 valence electrons. The molecule has 2 aromatic carbocycles. The molecule has 3 N–H and O–H groups in total. The van der Waals surface area contributed by atoms with Crippen molar-refractivity contribution >= 4 is 38.5 Å². The Hall–Kier alpha value is -4.09. The van der Waals surface area contributed by atoms with Gasteiger partial charge in [-0.2, -0.15) is 4.31 Å². The molecule has 10 nitrogen and oxygen atoms in total. The van der Waals surface area contributed by atoms with Crippen molar-refractivity contribution in [3.05, 3.63) is 83.3 Å². The minimum absolute atomic E-state index is 0.0485. The number of sulfonamides is 1. The summed E-state index contributed by atoms with van der Waals surface area (Å²) in [5.41, 5.74) is 9.46. The summed E-state index contributed by atoms with van der Waals surface area (Å²) in [5.74, 6) is 0.241. The fourth-order valence-corrected chi connectivity index (χ4v) is 5.19. The Morgan fingerprint density at radius 1 is 1.00 bits per heavy atom. The van der Waals surface area contributed by atoms with E-state index < -0.39 is 15.9 Å². The summed E-state index contributed by atoms with van der Waals surface area (Å²) < 4.78 is 27.4. The third-order valence-corrected chi connectivity index (χ3v) is 8.20. The van der Waals surface area contributed by atoms with Gasteiger partial charge in [0, 0.05) is 57.1 Å². The zero-order valence-corrected chi connectivity index (χ0v) is 22.7. The van der Waals surface area contributed by atoms with Crippen molar-refractivity contribution in [2.75, 3.05) is 37.8 Å². The molecule has 2 heterocycles. The number of benzene rings is 2. The highest BCUT2D eigenvalue weighted by Gasteiger charge is 2.22. The predicted octanol–water partition coefficient (Wildman–Crippen LogP) is 2.91. The Morgan fingerprint density at radius 2 is 1.71 bits per heavy atom. The van der Waals surface area contributed by atoms with Crippen LogP contribution < -0.4 is 16.0 Å². The summed E-state index contributed by atoms with van der Waals surface area (Å²) in [7, 11) is -0.222. The molecule has 4 rings (SSSR count). The summed E-state index contributed by atoms with van der Waals surface area (Å²) in [5, 5.41) is 3.79. The van der Waals surface area contributed by atoms with Gasteiger partial charge < -0.3 is 16.0 Å².